The van der Waals surface area contributed by atoms with Crippen LogP contribution in [0.2, 0.25) is 0 Å². The van der Waals surface area contributed by atoms with E-state index >= 15 is 0 Å². The van der Waals surface area contributed by atoms with Gasteiger partial charge in [-0.3, -0.25) is 9.97 Å². The van der Waals surface area contributed by atoms with Crippen molar-refractivity contribution in [3.8, 4) is 11.5 Å². The summed E-state index contributed by atoms with van der Waals surface area (Å²) in [6.07, 6.45) is -0.611. The zero-order valence-electron chi connectivity index (χ0n) is 25.9. The molecule has 0 N–H and O–H groups in total. The van der Waals surface area contributed by atoms with Crippen LogP contribution >= 0.6 is 0 Å². The van der Waals surface area contributed by atoms with Crippen LogP contribution in [0.5, 0.6) is 11.5 Å². The first-order chi connectivity index (χ1) is 21.9. The summed E-state index contributed by atoms with van der Waals surface area (Å²) >= 11 is 0. The van der Waals surface area contributed by atoms with E-state index in [1.807, 2.05) is 130 Å². The maximum absolute atomic E-state index is 13.4. The SMILES string of the molecule is Cc1nc(C)c(CO[C@H](Cc2ccc(OCc3ccccc3)c(OCc3ccccc3)c2)C(=O)OCc2ccccc2)nc1C. The molecule has 4 aromatic carbocycles. The fourth-order valence-corrected chi connectivity index (χ4v) is 4.71. The molecule has 0 saturated heterocycles. The van der Waals surface area contributed by atoms with E-state index in [0.717, 1.165) is 39.3 Å². The molecule has 230 valence electrons. The van der Waals surface area contributed by atoms with Gasteiger partial charge < -0.3 is 18.9 Å². The van der Waals surface area contributed by atoms with Gasteiger partial charge >= 0.3 is 5.97 Å². The number of nitrogens with zero attached hydrogens (tertiary/aromatic N) is 2. The third-order valence-corrected chi connectivity index (χ3v) is 7.39. The molecule has 0 fully saturated rings. The second-order valence-corrected chi connectivity index (χ2v) is 10.9. The monoisotopic (exact) mass is 602 g/mol. The molecule has 0 bridgehead atoms. The highest BCUT2D eigenvalue weighted by Crippen LogP contribution is 2.31. The Hall–Kier alpha value is -5.01. The lowest BCUT2D eigenvalue weighted by Crippen LogP contribution is -2.29. The van der Waals surface area contributed by atoms with Crippen LogP contribution < -0.4 is 9.47 Å². The molecule has 1 heterocycles. The topological polar surface area (TPSA) is 79.8 Å². The number of benzene rings is 4. The quantitative estimate of drug-likeness (QED) is 0.122. The highest BCUT2D eigenvalue weighted by Gasteiger charge is 2.24. The Morgan fingerprint density at radius 2 is 1.11 bits per heavy atom. The maximum atomic E-state index is 13.4. The smallest absolute Gasteiger partial charge is 0.335 e. The van der Waals surface area contributed by atoms with E-state index in [1.165, 1.54) is 0 Å². The van der Waals surface area contributed by atoms with Gasteiger partial charge in [0, 0.05) is 6.42 Å². The average Bonchev–Trinajstić information content (AvgIpc) is 3.07. The number of carbonyl (C=O) groups excluding carboxylic acids is 1. The lowest BCUT2D eigenvalue weighted by atomic mass is 10.1. The molecule has 0 aliphatic heterocycles. The zero-order chi connectivity index (χ0) is 31.4. The summed E-state index contributed by atoms with van der Waals surface area (Å²) < 4.78 is 24.4. The summed E-state index contributed by atoms with van der Waals surface area (Å²) in [5, 5.41) is 0. The Morgan fingerprint density at radius 3 is 1.71 bits per heavy atom. The Labute approximate surface area is 264 Å². The standard InChI is InChI=1S/C38H38N2O5/c1-27-28(2)40-34(29(3)39-27)26-44-37(38(41)45-25-32-17-11-6-12-18-32)22-33-19-20-35(42-23-30-13-7-4-8-14-30)36(21-33)43-24-31-15-9-5-10-16-31/h4-21,37H,22-26H2,1-3H3/t37-/m1/s1. The molecule has 0 aliphatic rings. The van der Waals surface area contributed by atoms with Crippen molar-refractivity contribution in [1.82, 2.24) is 9.97 Å². The normalized spacial score (nSPS) is 11.5. The molecule has 5 rings (SSSR count). The van der Waals surface area contributed by atoms with Crippen molar-refractivity contribution < 1.29 is 23.7 Å². The summed E-state index contributed by atoms with van der Waals surface area (Å²) in [4.78, 5) is 22.7. The minimum atomic E-state index is -0.880. The van der Waals surface area contributed by atoms with Gasteiger partial charge in [-0.25, -0.2) is 4.79 Å². The molecular formula is C38H38N2O5. The number of hydrogen-bond donors (Lipinski definition) is 0. The van der Waals surface area contributed by atoms with Crippen molar-refractivity contribution in [1.29, 1.82) is 0 Å². The van der Waals surface area contributed by atoms with Gasteiger partial charge in [0.05, 0.1) is 29.4 Å². The average molecular weight is 603 g/mol. The first-order valence-corrected chi connectivity index (χ1v) is 15.0. The molecule has 0 radical (unpaired) electrons. The number of hydrogen-bond acceptors (Lipinski definition) is 7. The van der Waals surface area contributed by atoms with Crippen LogP contribution in [-0.2, 0) is 47.1 Å². The lowest BCUT2D eigenvalue weighted by Gasteiger charge is -2.19. The van der Waals surface area contributed by atoms with Gasteiger partial charge in [-0.05, 0) is 55.2 Å². The van der Waals surface area contributed by atoms with E-state index < -0.39 is 12.1 Å². The van der Waals surface area contributed by atoms with Gasteiger partial charge in [-0.15, -0.1) is 0 Å². The van der Waals surface area contributed by atoms with Crippen LogP contribution in [0.15, 0.2) is 109 Å². The third kappa shape index (κ3) is 9.24. The Kier molecular flexibility index (Phi) is 10.9. The van der Waals surface area contributed by atoms with Gasteiger partial charge in [0.2, 0.25) is 0 Å². The van der Waals surface area contributed by atoms with E-state index in [2.05, 4.69) is 9.97 Å². The molecule has 0 saturated carbocycles. The minimum absolute atomic E-state index is 0.126. The van der Waals surface area contributed by atoms with Gasteiger partial charge in [0.15, 0.2) is 17.6 Å². The largest absolute Gasteiger partial charge is 0.485 e. The van der Waals surface area contributed by atoms with Crippen LogP contribution in [-0.4, -0.2) is 22.0 Å². The molecule has 0 spiro atoms. The molecule has 0 aliphatic carbocycles. The van der Waals surface area contributed by atoms with Crippen LogP contribution in [0, 0.1) is 20.8 Å². The second kappa shape index (κ2) is 15.6. The second-order valence-electron chi connectivity index (χ2n) is 10.9. The summed E-state index contributed by atoms with van der Waals surface area (Å²) in [5.41, 5.74) is 6.98. The minimum Gasteiger partial charge on any atom is -0.485 e. The molecule has 45 heavy (non-hydrogen) atoms. The molecule has 0 unspecified atom stereocenters. The van der Waals surface area contributed by atoms with Gasteiger partial charge in [0.25, 0.3) is 0 Å². The van der Waals surface area contributed by atoms with Gasteiger partial charge in [0.1, 0.15) is 19.8 Å². The molecule has 7 nitrogen and oxygen atoms in total. The lowest BCUT2D eigenvalue weighted by molar-refractivity contribution is -0.159. The predicted octanol–water partition coefficient (Wildman–Crippen LogP) is 7.43. The fraction of sp³-hybridized carbons (Fsp3) is 0.237. The number of esters is 1. The van der Waals surface area contributed by atoms with E-state index in [0.29, 0.717) is 30.4 Å². The zero-order valence-corrected chi connectivity index (χ0v) is 25.9. The Balaban J connectivity index is 1.36. The molecule has 7 heteroatoms. The molecule has 1 aromatic heterocycles. The Morgan fingerprint density at radius 1 is 0.578 bits per heavy atom. The van der Waals surface area contributed by atoms with Crippen LogP contribution in [0.4, 0.5) is 0 Å². The van der Waals surface area contributed by atoms with Crippen molar-refractivity contribution in [3.05, 3.63) is 154 Å². The predicted molar refractivity (Wildman–Crippen MR) is 173 cm³/mol. The van der Waals surface area contributed by atoms with Crippen LogP contribution in [0.1, 0.15) is 45.0 Å². The van der Waals surface area contributed by atoms with Gasteiger partial charge in [-0.2, -0.15) is 0 Å². The summed E-state index contributed by atoms with van der Waals surface area (Å²) in [6.45, 7) is 6.78. The van der Waals surface area contributed by atoms with E-state index in [9.17, 15) is 4.79 Å². The first-order valence-electron chi connectivity index (χ1n) is 15.0. The fourth-order valence-electron chi connectivity index (χ4n) is 4.71. The number of ether oxygens (including phenoxy) is 4. The molecule has 1 atom stereocenters. The highest BCUT2D eigenvalue weighted by molar-refractivity contribution is 5.75. The molecule has 0 amide bonds. The van der Waals surface area contributed by atoms with Crippen molar-refractivity contribution in [2.45, 2.75) is 59.7 Å². The number of carbonyl (C=O) groups is 1. The Bertz CT molecular complexity index is 1680. The summed E-state index contributed by atoms with van der Waals surface area (Å²) in [7, 11) is 0. The summed E-state index contributed by atoms with van der Waals surface area (Å²) in [6, 6.07) is 35.2. The van der Waals surface area contributed by atoms with E-state index in [1.54, 1.807) is 0 Å². The third-order valence-electron chi connectivity index (χ3n) is 7.39. The maximum Gasteiger partial charge on any atom is 0.335 e. The molecule has 5 aromatic rings. The van der Waals surface area contributed by atoms with Crippen molar-refractivity contribution in [2.75, 3.05) is 0 Å². The highest BCUT2D eigenvalue weighted by atomic mass is 16.6. The van der Waals surface area contributed by atoms with Crippen molar-refractivity contribution >= 4 is 5.97 Å². The number of aromatic nitrogens is 2. The van der Waals surface area contributed by atoms with Crippen molar-refractivity contribution in [2.24, 2.45) is 0 Å². The van der Waals surface area contributed by atoms with E-state index in [-0.39, 0.29) is 19.6 Å². The van der Waals surface area contributed by atoms with Gasteiger partial charge in [-0.1, -0.05) is 97.1 Å². The van der Waals surface area contributed by atoms with Crippen molar-refractivity contribution in [3.63, 3.8) is 0 Å². The number of rotatable bonds is 14. The first kappa shape index (κ1) is 31.4. The van der Waals surface area contributed by atoms with Crippen LogP contribution in [0.3, 0.4) is 0 Å². The summed E-state index contributed by atoms with van der Waals surface area (Å²) in [5.74, 6) is 0.743. The van der Waals surface area contributed by atoms with E-state index in [4.69, 9.17) is 18.9 Å². The van der Waals surface area contributed by atoms with Crippen LogP contribution in [0.25, 0.3) is 0 Å². The number of aryl methyl sites for hydroxylation is 3. The molecular weight excluding hydrogens is 564 g/mol.